The minimum absolute atomic E-state index is 0.0893. The van der Waals surface area contributed by atoms with Crippen molar-refractivity contribution in [2.24, 2.45) is 11.8 Å². The normalized spacial score (nSPS) is 31.4. The number of nitrogens with zero attached hydrogens (tertiary/aromatic N) is 3. The van der Waals surface area contributed by atoms with Gasteiger partial charge in [-0.2, -0.15) is 0 Å². The van der Waals surface area contributed by atoms with Crippen molar-refractivity contribution >= 4 is 23.4 Å². The molecular weight excluding hydrogens is 458 g/mol. The Bertz CT molecular complexity index is 1110. The van der Waals surface area contributed by atoms with Crippen molar-refractivity contribution in [3.8, 4) is 0 Å². The summed E-state index contributed by atoms with van der Waals surface area (Å²) in [6.07, 6.45) is 9.07. The molecular formula is C28H35N3O5. The molecule has 4 aliphatic heterocycles. The monoisotopic (exact) mass is 493 g/mol. The van der Waals surface area contributed by atoms with Crippen LogP contribution in [0.3, 0.4) is 0 Å². The zero-order chi connectivity index (χ0) is 25.6. The zero-order valence-electron chi connectivity index (χ0n) is 21.2. The molecule has 1 N–H and O–H groups in total. The van der Waals surface area contributed by atoms with E-state index >= 15 is 0 Å². The number of aryl methyl sites for hydroxylation is 2. The molecule has 1 spiro atoms. The SMILES string of the molecule is Cc1cccc(C)c1N1CC=C[C@]23O[C@@H]4C=CCN(C)C(=O)[C@@H]4[C@H]2C(=O)N(CCCCCO)C3C1=O. The second kappa shape index (κ2) is 9.48. The first kappa shape index (κ1) is 24.7. The highest BCUT2D eigenvalue weighted by molar-refractivity contribution is 6.06. The lowest BCUT2D eigenvalue weighted by Crippen LogP contribution is -2.55. The maximum Gasteiger partial charge on any atom is 0.253 e. The molecule has 192 valence electrons. The van der Waals surface area contributed by atoms with E-state index in [-0.39, 0.29) is 24.3 Å². The number of carbonyl (C=O) groups is 3. The van der Waals surface area contributed by atoms with Crippen LogP contribution in [0.25, 0.3) is 0 Å². The van der Waals surface area contributed by atoms with Crippen molar-refractivity contribution in [1.29, 1.82) is 0 Å². The summed E-state index contributed by atoms with van der Waals surface area (Å²) in [6.45, 7) is 5.27. The van der Waals surface area contributed by atoms with E-state index in [0.717, 1.165) is 23.2 Å². The quantitative estimate of drug-likeness (QED) is 0.484. The summed E-state index contributed by atoms with van der Waals surface area (Å²) in [5, 5.41) is 9.21. The molecule has 2 fully saturated rings. The van der Waals surface area contributed by atoms with Gasteiger partial charge in [0.15, 0.2) is 0 Å². The lowest BCUT2D eigenvalue weighted by atomic mass is 9.77. The Hall–Kier alpha value is -2.97. The van der Waals surface area contributed by atoms with Gasteiger partial charge in [-0.05, 0) is 44.2 Å². The van der Waals surface area contributed by atoms with Gasteiger partial charge in [0.1, 0.15) is 11.6 Å². The highest BCUT2D eigenvalue weighted by Crippen LogP contribution is 2.53. The van der Waals surface area contributed by atoms with Gasteiger partial charge in [-0.3, -0.25) is 14.4 Å². The number of hydrogen-bond acceptors (Lipinski definition) is 5. The van der Waals surface area contributed by atoms with Gasteiger partial charge < -0.3 is 24.5 Å². The summed E-state index contributed by atoms with van der Waals surface area (Å²) in [6, 6.07) is 5.08. The maximum atomic E-state index is 14.4. The summed E-state index contributed by atoms with van der Waals surface area (Å²) in [5.41, 5.74) is 1.62. The molecule has 0 bridgehead atoms. The van der Waals surface area contributed by atoms with E-state index in [0.29, 0.717) is 32.5 Å². The molecule has 1 aromatic carbocycles. The minimum atomic E-state index is -1.20. The van der Waals surface area contributed by atoms with Crippen LogP contribution in [0, 0.1) is 25.7 Å². The third kappa shape index (κ3) is 3.69. The molecule has 8 nitrogen and oxygen atoms in total. The number of amides is 3. The first-order valence-corrected chi connectivity index (χ1v) is 12.9. The van der Waals surface area contributed by atoms with Crippen LogP contribution in [0.5, 0.6) is 0 Å². The predicted octanol–water partition coefficient (Wildman–Crippen LogP) is 1.98. The molecule has 0 radical (unpaired) electrons. The van der Waals surface area contributed by atoms with E-state index in [1.54, 1.807) is 21.7 Å². The van der Waals surface area contributed by atoms with Crippen LogP contribution in [0.1, 0.15) is 30.4 Å². The Balaban J connectivity index is 1.60. The van der Waals surface area contributed by atoms with Crippen molar-refractivity contribution in [1.82, 2.24) is 9.80 Å². The number of carbonyl (C=O) groups excluding carboxylic acids is 3. The second-order valence-corrected chi connectivity index (χ2v) is 10.4. The fourth-order valence-corrected chi connectivity index (χ4v) is 6.51. The fourth-order valence-electron chi connectivity index (χ4n) is 6.51. The molecule has 3 amide bonds. The molecule has 1 aromatic rings. The highest BCUT2D eigenvalue weighted by Gasteiger charge is 2.71. The van der Waals surface area contributed by atoms with Crippen molar-refractivity contribution < 1.29 is 24.2 Å². The van der Waals surface area contributed by atoms with Crippen LogP contribution in [0.2, 0.25) is 0 Å². The summed E-state index contributed by atoms with van der Waals surface area (Å²) in [4.78, 5) is 46.9. The second-order valence-electron chi connectivity index (χ2n) is 10.4. The molecule has 36 heavy (non-hydrogen) atoms. The number of unbranched alkanes of at least 4 members (excludes halogenated alkanes) is 2. The predicted molar refractivity (Wildman–Crippen MR) is 135 cm³/mol. The minimum Gasteiger partial charge on any atom is -0.396 e. The molecule has 0 aromatic heterocycles. The highest BCUT2D eigenvalue weighted by atomic mass is 16.5. The smallest absolute Gasteiger partial charge is 0.253 e. The van der Waals surface area contributed by atoms with Crippen LogP contribution in [-0.4, -0.2) is 83.7 Å². The van der Waals surface area contributed by atoms with Crippen LogP contribution >= 0.6 is 0 Å². The number of likely N-dealkylation sites (tertiary alicyclic amines) is 1. The van der Waals surface area contributed by atoms with Gasteiger partial charge in [0.25, 0.3) is 5.91 Å². The Kier molecular flexibility index (Phi) is 6.51. The number of benzene rings is 1. The molecule has 0 aliphatic carbocycles. The number of fused-ring (bicyclic) bond motifs is 2. The molecule has 4 heterocycles. The Morgan fingerprint density at radius 2 is 1.75 bits per heavy atom. The van der Waals surface area contributed by atoms with E-state index in [2.05, 4.69) is 0 Å². The third-order valence-corrected chi connectivity index (χ3v) is 8.13. The number of para-hydroxylation sites is 1. The third-order valence-electron chi connectivity index (χ3n) is 8.13. The van der Waals surface area contributed by atoms with E-state index < -0.39 is 29.6 Å². The van der Waals surface area contributed by atoms with Gasteiger partial charge in [-0.15, -0.1) is 0 Å². The fraction of sp³-hybridized carbons (Fsp3) is 0.536. The van der Waals surface area contributed by atoms with Crippen molar-refractivity contribution in [2.75, 3.05) is 38.2 Å². The van der Waals surface area contributed by atoms with Gasteiger partial charge in [0, 0.05) is 39.0 Å². The standard InChI is InChI=1S/C28H35N3O5/c1-18-10-7-11-19(2)23(18)30-16-9-13-28-22(21-20(36-28)12-8-14-29(3)25(21)33)26(34)31(24(28)27(30)35)15-5-4-6-17-32/h7-13,20-22,24,32H,4-6,14-17H2,1-3H3/t20-,21+,22+,24?,28+/m1/s1. The molecule has 8 heteroatoms. The zero-order valence-corrected chi connectivity index (χ0v) is 21.2. The van der Waals surface area contributed by atoms with Gasteiger partial charge >= 0.3 is 0 Å². The number of likely N-dealkylation sites (N-methyl/N-ethyl adjacent to an activating group) is 1. The number of ether oxygens (including phenoxy) is 1. The van der Waals surface area contributed by atoms with Gasteiger partial charge in [-0.1, -0.05) is 42.5 Å². The van der Waals surface area contributed by atoms with Gasteiger partial charge in [0.2, 0.25) is 11.8 Å². The summed E-state index contributed by atoms with van der Waals surface area (Å²) in [5.74, 6) is -1.94. The first-order valence-electron chi connectivity index (χ1n) is 12.9. The van der Waals surface area contributed by atoms with Crippen molar-refractivity contribution in [3.05, 3.63) is 53.6 Å². The van der Waals surface area contributed by atoms with Crippen LogP contribution < -0.4 is 4.90 Å². The van der Waals surface area contributed by atoms with Crippen LogP contribution in [0.15, 0.2) is 42.5 Å². The van der Waals surface area contributed by atoms with Crippen LogP contribution in [0.4, 0.5) is 5.69 Å². The van der Waals surface area contributed by atoms with Crippen molar-refractivity contribution in [2.45, 2.75) is 50.9 Å². The lowest BCUT2D eigenvalue weighted by Gasteiger charge is -2.36. The summed E-state index contributed by atoms with van der Waals surface area (Å²) < 4.78 is 6.63. The number of aliphatic hydroxyl groups is 1. The Labute approximate surface area is 212 Å². The van der Waals surface area contributed by atoms with E-state index in [9.17, 15) is 19.5 Å². The molecule has 5 atom stereocenters. The van der Waals surface area contributed by atoms with Gasteiger partial charge in [0.05, 0.1) is 17.9 Å². The lowest BCUT2D eigenvalue weighted by molar-refractivity contribution is -0.143. The van der Waals surface area contributed by atoms with Crippen LogP contribution in [-0.2, 0) is 19.1 Å². The average Bonchev–Trinajstić information content (AvgIpc) is 3.17. The molecule has 4 aliphatic rings. The number of aliphatic hydroxyl groups excluding tert-OH is 1. The largest absolute Gasteiger partial charge is 0.396 e. The molecule has 1 unspecified atom stereocenters. The number of rotatable bonds is 6. The Morgan fingerprint density at radius 1 is 1.00 bits per heavy atom. The molecule has 5 rings (SSSR count). The first-order chi connectivity index (χ1) is 17.3. The molecule has 0 saturated carbocycles. The topological polar surface area (TPSA) is 90.4 Å². The van der Waals surface area contributed by atoms with E-state index in [1.165, 1.54) is 0 Å². The molecule has 2 saturated heterocycles. The average molecular weight is 494 g/mol. The maximum absolute atomic E-state index is 14.4. The summed E-state index contributed by atoms with van der Waals surface area (Å²) in [7, 11) is 1.74. The number of anilines is 1. The van der Waals surface area contributed by atoms with E-state index in [1.807, 2.05) is 56.4 Å². The summed E-state index contributed by atoms with van der Waals surface area (Å²) >= 11 is 0. The van der Waals surface area contributed by atoms with Crippen molar-refractivity contribution in [3.63, 3.8) is 0 Å². The number of hydrogen-bond donors (Lipinski definition) is 1. The Morgan fingerprint density at radius 3 is 2.47 bits per heavy atom. The van der Waals surface area contributed by atoms with Gasteiger partial charge in [-0.25, -0.2) is 0 Å². The van der Waals surface area contributed by atoms with E-state index in [4.69, 9.17) is 4.74 Å².